The van der Waals surface area contributed by atoms with Crippen molar-refractivity contribution >= 4 is 17.4 Å². The molecule has 6 N–H and O–H groups in total. The lowest BCUT2D eigenvalue weighted by atomic mass is 9.93. The Bertz CT molecular complexity index is 1330. The molecular weight excluding hydrogens is 502 g/mol. The summed E-state index contributed by atoms with van der Waals surface area (Å²) < 4.78 is 77.4. The molecule has 1 fully saturated rings. The fraction of sp³-hybridized carbons (Fsp3) is 0.208. The van der Waals surface area contributed by atoms with Crippen LogP contribution >= 0.6 is 0 Å². The Morgan fingerprint density at radius 1 is 0.946 bits per heavy atom. The van der Waals surface area contributed by atoms with E-state index in [1.807, 2.05) is 0 Å². The van der Waals surface area contributed by atoms with Gasteiger partial charge in [0.15, 0.2) is 5.84 Å². The predicted octanol–water partition coefficient (Wildman–Crippen LogP) is 4.54. The number of hydrogen-bond acceptors (Lipinski definition) is 5. The smallest absolute Gasteiger partial charge is 0.325 e. The molecule has 0 atom stereocenters. The molecule has 3 aromatic rings. The van der Waals surface area contributed by atoms with Crippen LogP contribution < -0.4 is 22.4 Å². The predicted molar refractivity (Wildman–Crippen MR) is 124 cm³/mol. The largest absolute Gasteiger partial charge is 0.433 e. The quantitative estimate of drug-likeness (QED) is 0.129. The summed E-state index contributed by atoms with van der Waals surface area (Å²) in [6.07, 6.45) is -7.16. The Morgan fingerprint density at radius 3 is 2.11 bits per heavy atom. The van der Waals surface area contributed by atoms with Gasteiger partial charge in [0.1, 0.15) is 5.69 Å². The Morgan fingerprint density at radius 2 is 1.62 bits per heavy atom. The number of carbonyl (C=O) groups is 1. The van der Waals surface area contributed by atoms with E-state index in [1.54, 1.807) is 0 Å². The zero-order valence-electron chi connectivity index (χ0n) is 18.9. The van der Waals surface area contributed by atoms with E-state index in [1.165, 1.54) is 36.4 Å². The Kier molecular flexibility index (Phi) is 6.59. The fourth-order valence-electron chi connectivity index (χ4n) is 3.98. The number of carbonyl (C=O) groups excluding carboxylic acids is 1. The number of hydrazine groups is 1. The van der Waals surface area contributed by atoms with E-state index in [0.29, 0.717) is 35.2 Å². The van der Waals surface area contributed by atoms with Crippen LogP contribution in [0.25, 0.3) is 11.1 Å². The van der Waals surface area contributed by atoms with Gasteiger partial charge in [0.25, 0.3) is 0 Å². The van der Waals surface area contributed by atoms with Crippen molar-refractivity contribution in [3.63, 3.8) is 0 Å². The molecule has 0 radical (unpaired) electrons. The molecule has 0 spiro atoms. The van der Waals surface area contributed by atoms with Gasteiger partial charge in [-0.2, -0.15) is 31.4 Å². The number of benzene rings is 2. The van der Waals surface area contributed by atoms with E-state index in [2.05, 4.69) is 20.8 Å². The van der Waals surface area contributed by atoms with Crippen LogP contribution in [-0.4, -0.2) is 16.7 Å². The summed E-state index contributed by atoms with van der Waals surface area (Å²) in [4.78, 5) is 16.6. The van der Waals surface area contributed by atoms with Crippen molar-refractivity contribution in [3.05, 3.63) is 83.2 Å². The summed E-state index contributed by atoms with van der Waals surface area (Å²) in [7, 11) is 0. The maximum absolute atomic E-state index is 13.1. The molecule has 194 valence electrons. The molecule has 1 heterocycles. The first-order chi connectivity index (χ1) is 17.4. The molecule has 1 saturated carbocycles. The number of alkyl halides is 6. The number of amides is 1. The van der Waals surface area contributed by atoms with E-state index in [9.17, 15) is 31.1 Å². The zero-order valence-corrected chi connectivity index (χ0v) is 18.9. The normalized spacial score (nSPS) is 15.3. The molecule has 13 heteroatoms. The minimum absolute atomic E-state index is 0.0186. The first kappa shape index (κ1) is 25.9. The van der Waals surface area contributed by atoms with Crippen molar-refractivity contribution in [2.45, 2.75) is 30.6 Å². The van der Waals surface area contributed by atoms with Crippen LogP contribution in [0.1, 0.15) is 35.2 Å². The van der Waals surface area contributed by atoms with Crippen LogP contribution in [0, 0.1) is 0 Å². The lowest BCUT2D eigenvalue weighted by Gasteiger charge is -2.18. The van der Waals surface area contributed by atoms with Crippen LogP contribution in [0.5, 0.6) is 0 Å². The number of pyridine rings is 1. The maximum Gasteiger partial charge on any atom is 0.433 e. The van der Waals surface area contributed by atoms with Crippen molar-refractivity contribution in [1.82, 2.24) is 10.4 Å². The van der Waals surface area contributed by atoms with Crippen LogP contribution in [0.4, 0.5) is 32.0 Å². The molecule has 1 aromatic heterocycles. The van der Waals surface area contributed by atoms with Crippen LogP contribution in [0.3, 0.4) is 0 Å². The van der Waals surface area contributed by atoms with Gasteiger partial charge in [0.05, 0.1) is 11.0 Å². The third kappa shape index (κ3) is 5.21. The molecule has 0 saturated heterocycles. The Labute approximate surface area is 206 Å². The summed E-state index contributed by atoms with van der Waals surface area (Å²) in [5, 5.41) is 6.30. The third-order valence-corrected chi connectivity index (χ3v) is 6.11. The van der Waals surface area contributed by atoms with Gasteiger partial charge in [-0.05, 0) is 54.3 Å². The van der Waals surface area contributed by atoms with Crippen molar-refractivity contribution in [3.8, 4) is 11.1 Å². The van der Waals surface area contributed by atoms with Gasteiger partial charge in [0.2, 0.25) is 5.91 Å². The summed E-state index contributed by atoms with van der Waals surface area (Å²) >= 11 is 0. The number of aromatic nitrogens is 1. The van der Waals surface area contributed by atoms with Gasteiger partial charge in [-0.1, -0.05) is 24.3 Å². The standard InChI is InChI=1S/C24H20F6N6O/c25-23(26,27)15-4-2-14(3-5-15)22(9-10-22)21(37)34-16-6-7-17(18(11-16)20(35-31)36-32)13-1-8-19(33-12-13)24(28,29)30/h1-8,11-12H,9-10,31-32H2,(H,34,37)(H,35,36). The number of hydrogen-bond donors (Lipinski definition) is 4. The van der Waals surface area contributed by atoms with Crippen LogP contribution in [0.15, 0.2) is 65.9 Å². The molecule has 1 aliphatic carbocycles. The topological polar surface area (TPSA) is 118 Å². The number of nitrogens with two attached hydrogens (primary N) is 2. The second kappa shape index (κ2) is 9.39. The number of nitrogens with one attached hydrogen (secondary N) is 2. The number of halogens is 6. The van der Waals surface area contributed by atoms with Gasteiger partial charge in [0, 0.05) is 23.0 Å². The molecule has 7 nitrogen and oxygen atoms in total. The highest BCUT2D eigenvalue weighted by molar-refractivity contribution is 6.07. The van der Waals surface area contributed by atoms with Gasteiger partial charge < -0.3 is 16.6 Å². The van der Waals surface area contributed by atoms with Gasteiger partial charge in [-0.15, -0.1) is 0 Å². The molecule has 4 rings (SSSR count). The van der Waals surface area contributed by atoms with E-state index in [-0.39, 0.29) is 11.4 Å². The number of nitrogens with zero attached hydrogens (tertiary/aromatic N) is 2. The number of hydrazone groups is 1. The minimum Gasteiger partial charge on any atom is -0.325 e. The van der Waals surface area contributed by atoms with Gasteiger partial charge in [-0.25, -0.2) is 5.84 Å². The monoisotopic (exact) mass is 522 g/mol. The molecule has 2 aromatic carbocycles. The van der Waals surface area contributed by atoms with Gasteiger partial charge >= 0.3 is 12.4 Å². The summed E-state index contributed by atoms with van der Waals surface area (Å²) in [6, 6.07) is 11.0. The summed E-state index contributed by atoms with van der Waals surface area (Å²) in [5.74, 6) is 10.5. The highest BCUT2D eigenvalue weighted by Crippen LogP contribution is 2.49. The highest BCUT2D eigenvalue weighted by Gasteiger charge is 2.51. The second-order valence-corrected chi connectivity index (χ2v) is 8.42. The van der Waals surface area contributed by atoms with Crippen molar-refractivity contribution in [2.24, 2.45) is 16.8 Å². The van der Waals surface area contributed by atoms with Crippen LogP contribution in [-0.2, 0) is 22.6 Å². The van der Waals surface area contributed by atoms with E-state index in [4.69, 9.17) is 11.7 Å². The SMILES string of the molecule is N/N=C(\NN)c1cc(NC(=O)C2(c3ccc(C(F)(F)F)cc3)CC2)ccc1-c1ccc(C(F)(F)F)nc1. The number of amidine groups is 1. The lowest BCUT2D eigenvalue weighted by Crippen LogP contribution is -2.33. The second-order valence-electron chi connectivity index (χ2n) is 8.42. The Balaban J connectivity index is 1.63. The fourth-order valence-corrected chi connectivity index (χ4v) is 3.98. The maximum atomic E-state index is 13.1. The number of rotatable bonds is 5. The number of anilines is 1. The molecule has 0 bridgehead atoms. The van der Waals surface area contributed by atoms with Gasteiger partial charge in [-0.3, -0.25) is 9.78 Å². The van der Waals surface area contributed by atoms with Crippen LogP contribution in [0.2, 0.25) is 0 Å². The summed E-state index contributed by atoms with van der Waals surface area (Å²) in [6.45, 7) is 0. The average molecular weight is 522 g/mol. The lowest BCUT2D eigenvalue weighted by molar-refractivity contribution is -0.141. The van der Waals surface area contributed by atoms with Crippen molar-refractivity contribution in [1.29, 1.82) is 0 Å². The zero-order chi connectivity index (χ0) is 27.0. The van der Waals surface area contributed by atoms with Crippen molar-refractivity contribution in [2.75, 3.05) is 5.32 Å². The first-order valence-electron chi connectivity index (χ1n) is 10.8. The first-order valence-corrected chi connectivity index (χ1v) is 10.8. The average Bonchev–Trinajstić information content (AvgIpc) is 3.66. The molecule has 1 amide bonds. The van der Waals surface area contributed by atoms with Crippen molar-refractivity contribution < 1.29 is 31.1 Å². The van der Waals surface area contributed by atoms with E-state index < -0.39 is 34.9 Å². The molecular formula is C24H20F6N6O. The van der Waals surface area contributed by atoms with E-state index in [0.717, 1.165) is 24.4 Å². The third-order valence-electron chi connectivity index (χ3n) is 6.11. The van der Waals surface area contributed by atoms with E-state index >= 15 is 0 Å². The molecule has 37 heavy (non-hydrogen) atoms. The molecule has 0 unspecified atom stereocenters. The minimum atomic E-state index is -4.61. The molecule has 0 aliphatic heterocycles. The Hall–Kier alpha value is -4.13. The summed E-state index contributed by atoms with van der Waals surface area (Å²) in [5.41, 5.74) is 1.15. The highest BCUT2D eigenvalue weighted by atomic mass is 19.4. The molecule has 1 aliphatic rings.